The number of carbonyl (C=O) groups excluding carboxylic acids is 1. The quantitative estimate of drug-likeness (QED) is 0.648. The number of benzene rings is 1. The van der Waals surface area contributed by atoms with Crippen molar-refractivity contribution < 1.29 is 4.79 Å². The molecular weight excluding hydrogens is 394 g/mol. The van der Waals surface area contributed by atoms with Crippen LogP contribution in [0.4, 0.5) is 11.4 Å². The SMILES string of the molecule is CC#CCN1c2c(cnn(Cc3ccc(C(N)=O)cc3)c2=O)N(C)C1N1CCNCC1. The van der Waals surface area contributed by atoms with Crippen molar-refractivity contribution in [2.24, 2.45) is 5.73 Å². The Hall–Kier alpha value is -3.35. The number of nitrogens with zero attached hydrogens (tertiary/aromatic N) is 5. The molecule has 1 aromatic carbocycles. The van der Waals surface area contributed by atoms with Crippen LogP contribution >= 0.6 is 0 Å². The lowest BCUT2D eigenvalue weighted by atomic mass is 10.1. The van der Waals surface area contributed by atoms with Crippen molar-refractivity contribution in [1.29, 1.82) is 0 Å². The van der Waals surface area contributed by atoms with Crippen LogP contribution in [0.1, 0.15) is 22.8 Å². The molecule has 1 unspecified atom stereocenters. The van der Waals surface area contributed by atoms with Crippen LogP contribution in [0, 0.1) is 11.8 Å². The van der Waals surface area contributed by atoms with E-state index >= 15 is 0 Å². The molecule has 162 valence electrons. The molecule has 4 rings (SSSR count). The Balaban J connectivity index is 1.68. The van der Waals surface area contributed by atoms with E-state index in [0.29, 0.717) is 24.3 Å². The molecule has 0 radical (unpaired) electrons. The van der Waals surface area contributed by atoms with Crippen molar-refractivity contribution in [2.45, 2.75) is 19.8 Å². The Bertz CT molecular complexity index is 1080. The van der Waals surface area contributed by atoms with E-state index in [0.717, 1.165) is 37.4 Å². The molecule has 9 nitrogen and oxygen atoms in total. The van der Waals surface area contributed by atoms with Gasteiger partial charge >= 0.3 is 0 Å². The Labute approximate surface area is 181 Å². The van der Waals surface area contributed by atoms with Crippen LogP contribution in [-0.4, -0.2) is 66.6 Å². The van der Waals surface area contributed by atoms with Crippen LogP contribution in [0.25, 0.3) is 0 Å². The number of piperazine rings is 1. The summed E-state index contributed by atoms with van der Waals surface area (Å²) in [5.41, 5.74) is 7.89. The molecular formula is C22H27N7O2. The van der Waals surface area contributed by atoms with Crippen molar-refractivity contribution >= 4 is 17.3 Å². The summed E-state index contributed by atoms with van der Waals surface area (Å²) in [6, 6.07) is 6.90. The largest absolute Gasteiger partial charge is 0.366 e. The maximum atomic E-state index is 13.5. The highest BCUT2D eigenvalue weighted by molar-refractivity contribution is 5.92. The highest BCUT2D eigenvalue weighted by Crippen LogP contribution is 2.36. The molecule has 0 saturated carbocycles. The number of hydrogen-bond acceptors (Lipinski definition) is 7. The molecule has 0 bridgehead atoms. The monoisotopic (exact) mass is 421 g/mol. The van der Waals surface area contributed by atoms with Gasteiger partial charge in [-0.15, -0.1) is 5.92 Å². The number of anilines is 2. The first-order valence-corrected chi connectivity index (χ1v) is 10.3. The van der Waals surface area contributed by atoms with E-state index in [2.05, 4.69) is 37.0 Å². The molecule has 1 fully saturated rings. The van der Waals surface area contributed by atoms with E-state index in [4.69, 9.17) is 5.73 Å². The van der Waals surface area contributed by atoms with Crippen molar-refractivity contribution in [3.05, 3.63) is 51.9 Å². The van der Waals surface area contributed by atoms with Gasteiger partial charge in [0.05, 0.1) is 25.0 Å². The third kappa shape index (κ3) is 4.00. The molecule has 3 heterocycles. The highest BCUT2D eigenvalue weighted by Gasteiger charge is 2.40. The standard InChI is InChI=1S/C22H27N7O2/c1-3-4-11-28-19-18(26(2)22(28)27-12-9-24-10-13-27)14-25-29(21(19)31)15-16-5-7-17(8-6-16)20(23)30/h5-8,14,22,24H,9-13,15H2,1-2H3,(H2,23,30). The molecule has 3 N–H and O–H groups in total. The fourth-order valence-corrected chi connectivity index (χ4v) is 4.19. The molecule has 1 atom stereocenters. The summed E-state index contributed by atoms with van der Waals surface area (Å²) in [4.78, 5) is 31.3. The summed E-state index contributed by atoms with van der Waals surface area (Å²) in [5, 5.41) is 7.80. The fourth-order valence-electron chi connectivity index (χ4n) is 4.19. The zero-order chi connectivity index (χ0) is 22.0. The van der Waals surface area contributed by atoms with Gasteiger partial charge in [0, 0.05) is 38.8 Å². The lowest BCUT2D eigenvalue weighted by Crippen LogP contribution is -2.59. The second-order valence-corrected chi connectivity index (χ2v) is 7.70. The molecule has 1 amide bonds. The van der Waals surface area contributed by atoms with Crippen LogP contribution in [0.15, 0.2) is 35.3 Å². The van der Waals surface area contributed by atoms with Crippen LogP contribution < -0.4 is 26.4 Å². The zero-order valence-electron chi connectivity index (χ0n) is 17.8. The number of nitrogens with one attached hydrogen (secondary N) is 1. The van der Waals surface area contributed by atoms with Gasteiger partial charge in [-0.05, 0) is 24.6 Å². The third-order valence-corrected chi connectivity index (χ3v) is 5.77. The normalized spacial score (nSPS) is 18.5. The predicted molar refractivity (Wildman–Crippen MR) is 120 cm³/mol. The van der Waals surface area contributed by atoms with Crippen molar-refractivity contribution in [2.75, 3.05) is 49.6 Å². The van der Waals surface area contributed by atoms with Gasteiger partial charge in [0.2, 0.25) is 5.91 Å². The van der Waals surface area contributed by atoms with Gasteiger partial charge in [0.1, 0.15) is 5.69 Å². The molecule has 0 aliphatic carbocycles. The summed E-state index contributed by atoms with van der Waals surface area (Å²) in [7, 11) is 2.00. The van der Waals surface area contributed by atoms with Gasteiger partial charge in [0.25, 0.3) is 5.56 Å². The van der Waals surface area contributed by atoms with Crippen LogP contribution in [-0.2, 0) is 6.54 Å². The molecule has 9 heteroatoms. The Morgan fingerprint density at radius 1 is 1.26 bits per heavy atom. The minimum atomic E-state index is -0.478. The smallest absolute Gasteiger partial charge is 0.292 e. The van der Waals surface area contributed by atoms with E-state index in [1.807, 2.05) is 7.05 Å². The zero-order valence-corrected chi connectivity index (χ0v) is 17.8. The van der Waals surface area contributed by atoms with Crippen molar-refractivity contribution in [3.8, 4) is 11.8 Å². The average Bonchev–Trinajstić information content (AvgIpc) is 3.07. The van der Waals surface area contributed by atoms with E-state index in [1.54, 1.807) is 37.4 Å². The number of rotatable bonds is 5. The maximum Gasteiger partial charge on any atom is 0.292 e. The van der Waals surface area contributed by atoms with Gasteiger partial charge in [-0.1, -0.05) is 18.1 Å². The van der Waals surface area contributed by atoms with Crippen LogP contribution in [0.2, 0.25) is 0 Å². The van der Waals surface area contributed by atoms with E-state index in [-0.39, 0.29) is 11.8 Å². The first kappa shape index (κ1) is 20.9. The highest BCUT2D eigenvalue weighted by atomic mass is 16.1. The van der Waals surface area contributed by atoms with Gasteiger partial charge < -0.3 is 20.9 Å². The fraction of sp³-hybridized carbons (Fsp3) is 0.409. The van der Waals surface area contributed by atoms with Gasteiger partial charge in [-0.2, -0.15) is 5.10 Å². The van der Waals surface area contributed by atoms with E-state index in [1.165, 1.54) is 4.68 Å². The van der Waals surface area contributed by atoms with E-state index in [9.17, 15) is 9.59 Å². The number of amides is 1. The second-order valence-electron chi connectivity index (χ2n) is 7.70. The number of nitrogens with two attached hydrogens (primary N) is 1. The molecule has 1 saturated heterocycles. The summed E-state index contributed by atoms with van der Waals surface area (Å²) < 4.78 is 1.46. The second kappa shape index (κ2) is 8.79. The number of aromatic nitrogens is 2. The van der Waals surface area contributed by atoms with Gasteiger partial charge in [-0.25, -0.2) is 4.68 Å². The summed E-state index contributed by atoms with van der Waals surface area (Å²) in [6.45, 7) is 6.20. The minimum absolute atomic E-state index is 0.0712. The number of fused-ring (bicyclic) bond motifs is 1. The minimum Gasteiger partial charge on any atom is -0.366 e. The first-order chi connectivity index (χ1) is 15.0. The third-order valence-electron chi connectivity index (χ3n) is 5.77. The number of carbonyl (C=O) groups is 1. The first-order valence-electron chi connectivity index (χ1n) is 10.3. The van der Waals surface area contributed by atoms with Gasteiger partial charge in [0.15, 0.2) is 6.29 Å². The van der Waals surface area contributed by atoms with Crippen LogP contribution in [0.3, 0.4) is 0 Å². The van der Waals surface area contributed by atoms with Gasteiger partial charge in [-0.3, -0.25) is 14.5 Å². The molecule has 2 aliphatic heterocycles. The molecule has 2 aliphatic rings. The average molecular weight is 422 g/mol. The lowest BCUT2D eigenvalue weighted by Gasteiger charge is -2.40. The summed E-state index contributed by atoms with van der Waals surface area (Å²) in [5.74, 6) is 5.60. The molecule has 31 heavy (non-hydrogen) atoms. The Kier molecular flexibility index (Phi) is 5.93. The van der Waals surface area contributed by atoms with Crippen molar-refractivity contribution in [3.63, 3.8) is 0 Å². The Morgan fingerprint density at radius 2 is 1.97 bits per heavy atom. The predicted octanol–water partition coefficient (Wildman–Crippen LogP) is -0.141. The number of primary amides is 1. The molecule has 1 aromatic heterocycles. The topological polar surface area (TPSA) is 99.7 Å². The summed E-state index contributed by atoms with van der Waals surface area (Å²) >= 11 is 0. The van der Waals surface area contributed by atoms with Crippen LogP contribution in [0.5, 0.6) is 0 Å². The van der Waals surface area contributed by atoms with Crippen molar-refractivity contribution in [1.82, 2.24) is 20.0 Å². The Morgan fingerprint density at radius 3 is 2.61 bits per heavy atom. The molecule has 2 aromatic rings. The van der Waals surface area contributed by atoms with E-state index < -0.39 is 5.91 Å². The molecule has 0 spiro atoms. The summed E-state index contributed by atoms with van der Waals surface area (Å²) in [6.07, 6.45) is 1.68. The number of hydrogen-bond donors (Lipinski definition) is 2. The lowest BCUT2D eigenvalue weighted by molar-refractivity contribution is 0.100. The maximum absolute atomic E-state index is 13.5.